The van der Waals surface area contributed by atoms with Crippen LogP contribution in [0.1, 0.15) is 53.5 Å². The van der Waals surface area contributed by atoms with Crippen LogP contribution in [0.5, 0.6) is 5.75 Å². The number of aromatic amines is 1. The fourth-order valence-corrected chi connectivity index (χ4v) is 3.64. The molecule has 0 bridgehead atoms. The Labute approximate surface area is 169 Å². The summed E-state index contributed by atoms with van der Waals surface area (Å²) in [6.07, 6.45) is 2.53. The third-order valence-corrected chi connectivity index (χ3v) is 5.45. The number of benzene rings is 1. The average molecular weight is 395 g/mol. The van der Waals surface area contributed by atoms with Gasteiger partial charge in [-0.1, -0.05) is 12.1 Å². The highest BCUT2D eigenvalue weighted by atomic mass is 16.5. The van der Waals surface area contributed by atoms with Gasteiger partial charge >= 0.3 is 0 Å². The first-order valence-electron chi connectivity index (χ1n) is 9.88. The van der Waals surface area contributed by atoms with E-state index in [4.69, 9.17) is 4.74 Å². The second kappa shape index (κ2) is 8.02. The maximum absolute atomic E-state index is 13.0. The van der Waals surface area contributed by atoms with Crippen LogP contribution in [0.25, 0.3) is 5.69 Å². The van der Waals surface area contributed by atoms with E-state index in [0.717, 1.165) is 48.0 Å². The standard InChI is InChI=1S/C20H25N7O2/c1-4-17-21-19(24-22-17)14-9-11-26(12-10-14)20(28)18-13(2)27(25-23-18)15-5-7-16(29-3)8-6-15/h5-8,14H,4,9-12H2,1-3H3,(H,21,22,24). The van der Waals surface area contributed by atoms with Crippen molar-refractivity contribution >= 4 is 5.91 Å². The number of carbonyl (C=O) groups excluding carboxylic acids is 1. The van der Waals surface area contributed by atoms with E-state index in [-0.39, 0.29) is 11.8 Å². The number of hydrogen-bond acceptors (Lipinski definition) is 6. The predicted molar refractivity (Wildman–Crippen MR) is 106 cm³/mol. The smallest absolute Gasteiger partial charge is 0.276 e. The monoisotopic (exact) mass is 395 g/mol. The van der Waals surface area contributed by atoms with Crippen molar-refractivity contribution in [2.75, 3.05) is 20.2 Å². The summed E-state index contributed by atoms with van der Waals surface area (Å²) in [5.74, 6) is 2.74. The maximum atomic E-state index is 13.0. The number of carbonyl (C=O) groups is 1. The Balaban J connectivity index is 1.44. The molecule has 152 valence electrons. The number of hydrogen-bond donors (Lipinski definition) is 1. The fraction of sp³-hybridized carbons (Fsp3) is 0.450. The first-order chi connectivity index (χ1) is 14.1. The molecule has 0 saturated carbocycles. The van der Waals surface area contributed by atoms with Gasteiger partial charge in [-0.05, 0) is 44.0 Å². The lowest BCUT2D eigenvalue weighted by molar-refractivity contribution is 0.0704. The van der Waals surface area contributed by atoms with Crippen molar-refractivity contribution in [1.29, 1.82) is 0 Å². The SMILES string of the molecule is CCc1nc(C2CCN(C(=O)c3nnn(-c4ccc(OC)cc4)c3C)CC2)n[nH]1. The largest absolute Gasteiger partial charge is 0.497 e. The number of H-pyrrole nitrogens is 1. The minimum absolute atomic E-state index is 0.0788. The molecule has 1 aliphatic heterocycles. The molecule has 0 atom stereocenters. The number of nitrogens with zero attached hydrogens (tertiary/aromatic N) is 6. The Hall–Kier alpha value is -3.23. The predicted octanol–water partition coefficient (Wildman–Crippen LogP) is 2.28. The van der Waals surface area contributed by atoms with Crippen molar-refractivity contribution in [2.45, 2.75) is 39.0 Å². The van der Waals surface area contributed by atoms with Gasteiger partial charge < -0.3 is 9.64 Å². The summed E-state index contributed by atoms with van der Waals surface area (Å²) >= 11 is 0. The number of methoxy groups -OCH3 is 1. The molecule has 9 nitrogen and oxygen atoms in total. The molecule has 0 unspecified atom stereocenters. The summed E-state index contributed by atoms with van der Waals surface area (Å²) in [6, 6.07) is 7.49. The van der Waals surface area contributed by atoms with Crippen LogP contribution in [0, 0.1) is 6.92 Å². The first-order valence-corrected chi connectivity index (χ1v) is 9.88. The fourth-order valence-electron chi connectivity index (χ4n) is 3.64. The molecule has 0 radical (unpaired) electrons. The quantitative estimate of drug-likeness (QED) is 0.711. The van der Waals surface area contributed by atoms with E-state index in [1.165, 1.54) is 0 Å². The normalized spacial score (nSPS) is 14.9. The minimum atomic E-state index is -0.0788. The van der Waals surface area contributed by atoms with Gasteiger partial charge in [-0.25, -0.2) is 9.67 Å². The lowest BCUT2D eigenvalue weighted by Gasteiger charge is -2.30. The molecular weight excluding hydrogens is 370 g/mol. The van der Waals surface area contributed by atoms with Gasteiger partial charge in [0.15, 0.2) is 11.5 Å². The molecule has 9 heteroatoms. The first kappa shape index (κ1) is 19.1. The Morgan fingerprint density at radius 1 is 1.24 bits per heavy atom. The van der Waals surface area contributed by atoms with Crippen LogP contribution < -0.4 is 4.74 Å². The number of nitrogens with one attached hydrogen (secondary N) is 1. The lowest BCUT2D eigenvalue weighted by Crippen LogP contribution is -2.38. The highest BCUT2D eigenvalue weighted by molar-refractivity contribution is 5.93. The molecule has 29 heavy (non-hydrogen) atoms. The van der Waals surface area contributed by atoms with Gasteiger partial charge in [0.1, 0.15) is 11.6 Å². The van der Waals surface area contributed by atoms with Gasteiger partial charge in [-0.3, -0.25) is 9.89 Å². The van der Waals surface area contributed by atoms with Crippen LogP contribution in [0.2, 0.25) is 0 Å². The molecule has 1 aliphatic rings. The molecule has 0 spiro atoms. The van der Waals surface area contributed by atoms with Crippen LogP contribution in [0.3, 0.4) is 0 Å². The topological polar surface area (TPSA) is 102 Å². The highest BCUT2D eigenvalue weighted by Crippen LogP contribution is 2.27. The number of aromatic nitrogens is 6. The van der Waals surface area contributed by atoms with Crippen LogP contribution in [-0.2, 0) is 6.42 Å². The summed E-state index contributed by atoms with van der Waals surface area (Å²) in [4.78, 5) is 19.4. The van der Waals surface area contributed by atoms with Crippen molar-refractivity contribution in [1.82, 2.24) is 35.1 Å². The zero-order chi connectivity index (χ0) is 20.4. The molecule has 2 aromatic heterocycles. The van der Waals surface area contributed by atoms with E-state index in [0.29, 0.717) is 18.8 Å². The number of ether oxygens (including phenoxy) is 1. The van der Waals surface area contributed by atoms with E-state index in [1.54, 1.807) is 11.8 Å². The van der Waals surface area contributed by atoms with Crippen molar-refractivity contribution < 1.29 is 9.53 Å². The van der Waals surface area contributed by atoms with Gasteiger partial charge in [0, 0.05) is 25.4 Å². The molecule has 3 aromatic rings. The number of aryl methyl sites for hydroxylation is 1. The van der Waals surface area contributed by atoms with Gasteiger partial charge in [-0.2, -0.15) is 5.10 Å². The van der Waals surface area contributed by atoms with Crippen molar-refractivity contribution in [3.8, 4) is 11.4 Å². The summed E-state index contributed by atoms with van der Waals surface area (Å²) in [5, 5.41) is 15.7. The molecule has 1 fully saturated rings. The van der Waals surface area contributed by atoms with Gasteiger partial charge in [-0.15, -0.1) is 5.10 Å². The third kappa shape index (κ3) is 3.72. The van der Waals surface area contributed by atoms with Crippen LogP contribution >= 0.6 is 0 Å². The average Bonchev–Trinajstić information content (AvgIpc) is 3.40. The van der Waals surface area contributed by atoms with Crippen molar-refractivity contribution in [3.63, 3.8) is 0 Å². The second-order valence-electron chi connectivity index (χ2n) is 7.19. The Kier molecular flexibility index (Phi) is 5.28. The van der Waals surface area contributed by atoms with Gasteiger partial charge in [0.05, 0.1) is 18.5 Å². The van der Waals surface area contributed by atoms with Crippen LogP contribution in [0.15, 0.2) is 24.3 Å². The third-order valence-electron chi connectivity index (χ3n) is 5.45. The summed E-state index contributed by atoms with van der Waals surface area (Å²) in [6.45, 7) is 5.24. The molecule has 1 aromatic carbocycles. The van der Waals surface area contributed by atoms with Crippen LogP contribution in [0.4, 0.5) is 0 Å². The molecule has 4 rings (SSSR count). The Morgan fingerprint density at radius 2 is 1.97 bits per heavy atom. The van der Waals surface area contributed by atoms with Crippen LogP contribution in [-0.4, -0.2) is 61.2 Å². The summed E-state index contributed by atoms with van der Waals surface area (Å²) < 4.78 is 6.87. The summed E-state index contributed by atoms with van der Waals surface area (Å²) in [7, 11) is 1.63. The number of rotatable bonds is 5. The molecule has 0 aliphatic carbocycles. The van der Waals surface area contributed by atoms with E-state index in [9.17, 15) is 4.79 Å². The van der Waals surface area contributed by atoms with Crippen molar-refractivity contribution in [2.24, 2.45) is 0 Å². The number of likely N-dealkylation sites (tertiary alicyclic amines) is 1. The Morgan fingerprint density at radius 3 is 2.59 bits per heavy atom. The van der Waals surface area contributed by atoms with Gasteiger partial charge in [0.25, 0.3) is 5.91 Å². The van der Waals surface area contributed by atoms with E-state index in [1.807, 2.05) is 43.0 Å². The number of amides is 1. The highest BCUT2D eigenvalue weighted by Gasteiger charge is 2.29. The molecule has 1 amide bonds. The number of piperidine rings is 1. The van der Waals surface area contributed by atoms with E-state index >= 15 is 0 Å². The lowest BCUT2D eigenvalue weighted by atomic mass is 9.96. The molecular formula is C20H25N7O2. The zero-order valence-electron chi connectivity index (χ0n) is 16.9. The minimum Gasteiger partial charge on any atom is -0.497 e. The molecule has 1 saturated heterocycles. The summed E-state index contributed by atoms with van der Waals surface area (Å²) in [5.41, 5.74) is 1.96. The van der Waals surface area contributed by atoms with E-state index < -0.39 is 0 Å². The van der Waals surface area contributed by atoms with Gasteiger partial charge in [0.2, 0.25) is 0 Å². The van der Waals surface area contributed by atoms with Crippen molar-refractivity contribution in [3.05, 3.63) is 47.3 Å². The molecule has 1 N–H and O–H groups in total. The zero-order valence-corrected chi connectivity index (χ0v) is 16.9. The maximum Gasteiger partial charge on any atom is 0.276 e. The molecule has 3 heterocycles. The Bertz CT molecular complexity index is 985. The second-order valence-corrected chi connectivity index (χ2v) is 7.19. The van der Waals surface area contributed by atoms with E-state index in [2.05, 4.69) is 25.5 Å².